The Balaban J connectivity index is 2.35. The Morgan fingerprint density at radius 1 is 1.41 bits per heavy atom. The van der Waals surface area contributed by atoms with Crippen molar-refractivity contribution in [2.45, 2.75) is 18.6 Å². The third-order valence-corrected chi connectivity index (χ3v) is 2.70. The van der Waals surface area contributed by atoms with Gasteiger partial charge in [-0.1, -0.05) is 12.1 Å². The van der Waals surface area contributed by atoms with Gasteiger partial charge in [0.15, 0.2) is 0 Å². The lowest BCUT2D eigenvalue weighted by Crippen LogP contribution is -2.31. The van der Waals surface area contributed by atoms with E-state index in [9.17, 15) is 18.0 Å². The molecule has 0 saturated heterocycles. The van der Waals surface area contributed by atoms with E-state index in [0.717, 1.165) is 0 Å². The monoisotopic (exact) mass is 244 g/mol. The number of carbonyl (C=O) groups excluding carboxylic acids is 1. The zero-order chi connectivity index (χ0) is 12.6. The lowest BCUT2D eigenvalue weighted by atomic mass is 10.0. The highest BCUT2D eigenvalue weighted by Crippen LogP contribution is 2.34. The van der Waals surface area contributed by atoms with Gasteiger partial charge in [0.2, 0.25) is 5.91 Å². The lowest BCUT2D eigenvalue weighted by molar-refractivity contribution is -0.156. The van der Waals surface area contributed by atoms with Crippen LogP contribution in [-0.4, -0.2) is 19.1 Å². The van der Waals surface area contributed by atoms with Gasteiger partial charge >= 0.3 is 6.18 Å². The standard InChI is InChI=1S/C11H11F3N2O/c1-15-10(11(12,13)14)6-2-3-8-7(4-6)5-9(17)16-8/h2-4,10,15H,5H2,1H3,(H,16,17). The van der Waals surface area contributed by atoms with Gasteiger partial charge in [-0.2, -0.15) is 13.2 Å². The van der Waals surface area contributed by atoms with Gasteiger partial charge in [0.05, 0.1) is 6.42 Å². The minimum absolute atomic E-state index is 0.121. The van der Waals surface area contributed by atoms with Crippen LogP contribution in [0.4, 0.5) is 18.9 Å². The molecule has 92 valence electrons. The van der Waals surface area contributed by atoms with Gasteiger partial charge in [0.1, 0.15) is 6.04 Å². The number of rotatable bonds is 2. The van der Waals surface area contributed by atoms with Crippen molar-refractivity contribution in [2.75, 3.05) is 12.4 Å². The molecule has 0 fully saturated rings. The molecule has 0 bridgehead atoms. The number of hydrogen-bond acceptors (Lipinski definition) is 2. The van der Waals surface area contributed by atoms with E-state index in [4.69, 9.17) is 0 Å². The molecule has 3 nitrogen and oxygen atoms in total. The predicted molar refractivity (Wildman–Crippen MR) is 56.6 cm³/mol. The second-order valence-electron chi connectivity index (χ2n) is 3.90. The summed E-state index contributed by atoms with van der Waals surface area (Å²) in [5, 5.41) is 4.81. The number of hydrogen-bond donors (Lipinski definition) is 2. The molecule has 1 aliphatic rings. The van der Waals surface area contributed by atoms with Crippen molar-refractivity contribution in [3.05, 3.63) is 29.3 Å². The molecule has 1 aliphatic heterocycles. The van der Waals surface area contributed by atoms with Crippen LogP contribution in [0.2, 0.25) is 0 Å². The van der Waals surface area contributed by atoms with Crippen molar-refractivity contribution in [1.29, 1.82) is 0 Å². The zero-order valence-corrected chi connectivity index (χ0v) is 9.06. The van der Waals surface area contributed by atoms with Crippen LogP contribution in [0, 0.1) is 0 Å². The first-order chi connectivity index (χ1) is 7.91. The van der Waals surface area contributed by atoms with E-state index >= 15 is 0 Å². The smallest absolute Gasteiger partial charge is 0.326 e. The molecule has 2 rings (SSSR count). The molecule has 17 heavy (non-hydrogen) atoms. The highest BCUT2D eigenvalue weighted by molar-refractivity contribution is 5.99. The lowest BCUT2D eigenvalue weighted by Gasteiger charge is -2.20. The summed E-state index contributed by atoms with van der Waals surface area (Å²) in [6, 6.07) is 2.59. The summed E-state index contributed by atoms with van der Waals surface area (Å²) in [6.45, 7) is 0. The van der Waals surface area contributed by atoms with Crippen molar-refractivity contribution >= 4 is 11.6 Å². The van der Waals surface area contributed by atoms with Crippen LogP contribution >= 0.6 is 0 Å². The van der Waals surface area contributed by atoms with Gasteiger partial charge in [-0.3, -0.25) is 4.79 Å². The SMILES string of the molecule is CNC(c1ccc2c(c1)CC(=O)N2)C(F)(F)F. The molecular formula is C11H11F3N2O. The molecule has 1 aromatic carbocycles. The summed E-state index contributed by atoms with van der Waals surface area (Å²) < 4.78 is 38.1. The minimum Gasteiger partial charge on any atom is -0.326 e. The average Bonchev–Trinajstić information content (AvgIpc) is 2.56. The van der Waals surface area contributed by atoms with Gasteiger partial charge in [-0.25, -0.2) is 0 Å². The molecule has 0 spiro atoms. The largest absolute Gasteiger partial charge is 0.407 e. The molecule has 0 radical (unpaired) electrons. The van der Waals surface area contributed by atoms with Crippen molar-refractivity contribution in [1.82, 2.24) is 5.32 Å². The summed E-state index contributed by atoms with van der Waals surface area (Å²) >= 11 is 0. The maximum Gasteiger partial charge on any atom is 0.407 e. The first kappa shape index (κ1) is 11.9. The molecule has 1 heterocycles. The summed E-state index contributed by atoms with van der Waals surface area (Å²) in [7, 11) is 1.26. The Labute approximate surface area is 96.0 Å². The average molecular weight is 244 g/mol. The fourth-order valence-electron chi connectivity index (χ4n) is 1.95. The van der Waals surface area contributed by atoms with Crippen molar-refractivity contribution in [2.24, 2.45) is 0 Å². The quantitative estimate of drug-likeness (QED) is 0.835. The van der Waals surface area contributed by atoms with E-state index in [1.165, 1.54) is 25.2 Å². The van der Waals surface area contributed by atoms with E-state index in [-0.39, 0.29) is 17.9 Å². The fourth-order valence-corrected chi connectivity index (χ4v) is 1.95. The summed E-state index contributed by atoms with van der Waals surface area (Å²) in [5.41, 5.74) is 1.32. The third kappa shape index (κ3) is 2.26. The number of halogens is 3. The first-order valence-corrected chi connectivity index (χ1v) is 5.08. The van der Waals surface area contributed by atoms with Gasteiger partial charge < -0.3 is 10.6 Å². The van der Waals surface area contributed by atoms with Gasteiger partial charge in [0, 0.05) is 5.69 Å². The number of nitrogens with one attached hydrogen (secondary N) is 2. The molecule has 1 amide bonds. The van der Waals surface area contributed by atoms with E-state index in [1.807, 2.05) is 0 Å². The fraction of sp³-hybridized carbons (Fsp3) is 0.364. The highest BCUT2D eigenvalue weighted by Gasteiger charge is 2.40. The van der Waals surface area contributed by atoms with Crippen molar-refractivity contribution in [3.63, 3.8) is 0 Å². The van der Waals surface area contributed by atoms with Crippen molar-refractivity contribution in [3.8, 4) is 0 Å². The maximum absolute atomic E-state index is 12.7. The Bertz CT molecular complexity index is 457. The molecule has 0 saturated carbocycles. The molecular weight excluding hydrogens is 233 g/mol. The number of amides is 1. The molecule has 6 heteroatoms. The van der Waals surface area contributed by atoms with Crippen molar-refractivity contribution < 1.29 is 18.0 Å². The number of fused-ring (bicyclic) bond motifs is 1. The number of carbonyl (C=O) groups is 1. The molecule has 0 aromatic heterocycles. The Morgan fingerprint density at radius 3 is 2.71 bits per heavy atom. The van der Waals surface area contributed by atoms with Crippen LogP contribution < -0.4 is 10.6 Å². The van der Waals surface area contributed by atoms with E-state index in [1.54, 1.807) is 0 Å². The van der Waals surface area contributed by atoms with E-state index in [0.29, 0.717) is 11.3 Å². The zero-order valence-electron chi connectivity index (χ0n) is 9.06. The predicted octanol–water partition coefficient (Wildman–Crippen LogP) is 2.00. The number of anilines is 1. The Hall–Kier alpha value is -1.56. The minimum atomic E-state index is -4.35. The summed E-state index contributed by atoms with van der Waals surface area (Å²) in [6.07, 6.45) is -4.21. The van der Waals surface area contributed by atoms with Crippen LogP contribution in [0.25, 0.3) is 0 Å². The van der Waals surface area contributed by atoms with E-state index < -0.39 is 12.2 Å². The summed E-state index contributed by atoms with van der Waals surface area (Å²) in [4.78, 5) is 11.1. The van der Waals surface area contributed by atoms with Crippen LogP contribution in [0.3, 0.4) is 0 Å². The number of alkyl halides is 3. The van der Waals surface area contributed by atoms with Crippen LogP contribution in [0.15, 0.2) is 18.2 Å². The second-order valence-corrected chi connectivity index (χ2v) is 3.90. The maximum atomic E-state index is 12.7. The Morgan fingerprint density at radius 2 is 2.12 bits per heavy atom. The van der Waals surface area contributed by atoms with Crippen LogP contribution in [-0.2, 0) is 11.2 Å². The number of benzene rings is 1. The van der Waals surface area contributed by atoms with Crippen LogP contribution in [0.5, 0.6) is 0 Å². The third-order valence-electron chi connectivity index (χ3n) is 2.70. The van der Waals surface area contributed by atoms with E-state index in [2.05, 4.69) is 10.6 Å². The first-order valence-electron chi connectivity index (χ1n) is 5.08. The molecule has 2 N–H and O–H groups in total. The molecule has 1 unspecified atom stereocenters. The van der Waals surface area contributed by atoms with Gasteiger partial charge in [-0.05, 0) is 24.2 Å². The topological polar surface area (TPSA) is 41.1 Å². The molecule has 1 aromatic rings. The molecule has 1 atom stereocenters. The van der Waals surface area contributed by atoms with Crippen LogP contribution in [0.1, 0.15) is 17.2 Å². The highest BCUT2D eigenvalue weighted by atomic mass is 19.4. The van der Waals surface area contributed by atoms with Gasteiger partial charge in [0.25, 0.3) is 0 Å². The Kier molecular flexibility index (Phi) is 2.82. The second kappa shape index (κ2) is 4.03. The molecule has 0 aliphatic carbocycles. The van der Waals surface area contributed by atoms with Gasteiger partial charge in [-0.15, -0.1) is 0 Å². The summed E-state index contributed by atoms with van der Waals surface area (Å²) in [5.74, 6) is -0.190. The normalized spacial score (nSPS) is 16.6.